The van der Waals surface area contributed by atoms with Crippen LogP contribution < -0.4 is 0 Å². The molecule has 0 amide bonds. The van der Waals surface area contributed by atoms with Crippen molar-refractivity contribution in [3.63, 3.8) is 0 Å². The van der Waals surface area contributed by atoms with Crippen LogP contribution in [0.15, 0.2) is 42.2 Å². The summed E-state index contributed by atoms with van der Waals surface area (Å²) in [5, 5.41) is 11.1. The highest BCUT2D eigenvalue weighted by Gasteiger charge is 2.21. The lowest BCUT2D eigenvalue weighted by molar-refractivity contribution is 0.0979. The molecular weight excluding hydrogens is 416 g/mol. The van der Waals surface area contributed by atoms with Crippen molar-refractivity contribution in [3.8, 4) is 0 Å². The lowest BCUT2D eigenvalue weighted by atomic mass is 9.85. The lowest BCUT2D eigenvalue weighted by Crippen LogP contribution is -2.11. The number of aliphatic hydroxyl groups is 1. The highest BCUT2D eigenvalue weighted by Crippen LogP contribution is 2.32. The van der Waals surface area contributed by atoms with Crippen LogP contribution in [0.4, 0.5) is 0 Å². The molecule has 2 rings (SSSR count). The van der Waals surface area contributed by atoms with Gasteiger partial charge >= 0.3 is 0 Å². The van der Waals surface area contributed by atoms with E-state index in [-0.39, 0.29) is 17.5 Å². The maximum atomic E-state index is 13.7. The number of carbonyl (C=O) groups excluding carboxylic acids is 1. The van der Waals surface area contributed by atoms with Crippen molar-refractivity contribution in [1.82, 2.24) is 0 Å². The molecule has 1 N–H and O–H groups in total. The fraction of sp³-hybridized carbons (Fsp3) is 0.531. The zero-order chi connectivity index (χ0) is 25.3. The van der Waals surface area contributed by atoms with E-state index in [0.717, 1.165) is 56.1 Å². The summed E-state index contributed by atoms with van der Waals surface area (Å²) in [5.74, 6) is 0.614. The molecule has 0 aliphatic heterocycles. The van der Waals surface area contributed by atoms with Gasteiger partial charge in [-0.2, -0.15) is 0 Å². The summed E-state index contributed by atoms with van der Waals surface area (Å²) in [6.07, 6.45) is 9.09. The number of ketones is 1. The molecule has 0 saturated carbocycles. The second kappa shape index (κ2) is 13.5. The zero-order valence-corrected chi connectivity index (χ0v) is 22.6. The fourth-order valence-electron chi connectivity index (χ4n) is 5.05. The molecule has 0 spiro atoms. The normalized spacial score (nSPS) is 14.6. The molecule has 2 heteroatoms. The van der Waals surface area contributed by atoms with Crippen molar-refractivity contribution in [2.24, 2.45) is 0 Å². The van der Waals surface area contributed by atoms with Crippen molar-refractivity contribution in [2.45, 2.75) is 111 Å². The summed E-state index contributed by atoms with van der Waals surface area (Å²) in [7, 11) is 0. The highest BCUT2D eigenvalue weighted by molar-refractivity contribution is 6.10. The van der Waals surface area contributed by atoms with E-state index in [9.17, 15) is 9.90 Å². The smallest absolute Gasteiger partial charge is 0.227 e. The average molecular weight is 463 g/mol. The van der Waals surface area contributed by atoms with Gasteiger partial charge in [0.25, 0.3) is 0 Å². The number of Topliss-reactive ketones (excluding diaryl/α,β-unsaturated/α-hetero) is 1. The summed E-state index contributed by atoms with van der Waals surface area (Å²) in [5.41, 5.74) is 6.25. The van der Waals surface area contributed by atoms with Gasteiger partial charge in [0.2, 0.25) is 5.78 Å². The molecule has 0 aliphatic rings. The number of hydrogen-bond acceptors (Lipinski definition) is 2. The molecular formula is C32H46O2. The average Bonchev–Trinajstić information content (AvgIpc) is 2.83. The number of aliphatic hydroxyl groups excluding tert-OH is 1. The molecule has 3 atom stereocenters. The quantitative estimate of drug-likeness (QED) is 0.183. The third-order valence-electron chi connectivity index (χ3n) is 7.20. The van der Waals surface area contributed by atoms with Gasteiger partial charge < -0.3 is 5.11 Å². The van der Waals surface area contributed by atoms with E-state index in [1.54, 1.807) is 6.08 Å². The largest absolute Gasteiger partial charge is 0.504 e. The first kappa shape index (κ1) is 27.9. The first-order chi connectivity index (χ1) is 16.3. The van der Waals surface area contributed by atoms with Crippen LogP contribution >= 0.6 is 0 Å². The number of hydrogen-bond donors (Lipinski definition) is 1. The maximum absolute atomic E-state index is 13.7. The Hall–Kier alpha value is -2.35. The van der Waals surface area contributed by atoms with Gasteiger partial charge in [0.15, 0.2) is 5.76 Å². The number of benzene rings is 2. The van der Waals surface area contributed by atoms with Crippen molar-refractivity contribution in [1.29, 1.82) is 0 Å². The van der Waals surface area contributed by atoms with E-state index >= 15 is 0 Å². The van der Waals surface area contributed by atoms with Gasteiger partial charge in [-0.15, -0.1) is 0 Å². The van der Waals surface area contributed by atoms with Gasteiger partial charge in [-0.05, 0) is 83.4 Å². The van der Waals surface area contributed by atoms with E-state index in [4.69, 9.17) is 0 Å². The van der Waals surface area contributed by atoms with Crippen molar-refractivity contribution in [2.75, 3.05) is 0 Å². The monoisotopic (exact) mass is 462 g/mol. The summed E-state index contributed by atoms with van der Waals surface area (Å²) in [4.78, 5) is 13.7. The predicted octanol–water partition coefficient (Wildman–Crippen LogP) is 9.74. The number of allylic oxidation sites excluding steroid dienone is 1. The molecule has 0 bridgehead atoms. The van der Waals surface area contributed by atoms with Crippen LogP contribution in [0.5, 0.6) is 0 Å². The minimum Gasteiger partial charge on any atom is -0.504 e. The Morgan fingerprint density at radius 1 is 0.794 bits per heavy atom. The third kappa shape index (κ3) is 7.08. The van der Waals surface area contributed by atoms with Gasteiger partial charge in [-0.25, -0.2) is 0 Å². The predicted molar refractivity (Wildman–Crippen MR) is 147 cm³/mol. The van der Waals surface area contributed by atoms with E-state index in [1.165, 1.54) is 16.7 Å². The summed E-state index contributed by atoms with van der Waals surface area (Å²) >= 11 is 0. The fourth-order valence-corrected chi connectivity index (χ4v) is 5.05. The van der Waals surface area contributed by atoms with Gasteiger partial charge in [-0.3, -0.25) is 4.79 Å². The molecule has 0 heterocycles. The molecule has 2 aromatic rings. The molecule has 3 unspecified atom stereocenters. The molecule has 2 aromatic carbocycles. The molecule has 34 heavy (non-hydrogen) atoms. The molecule has 0 aromatic heterocycles. The van der Waals surface area contributed by atoms with Crippen LogP contribution in [0.2, 0.25) is 0 Å². The van der Waals surface area contributed by atoms with Crippen molar-refractivity contribution in [3.05, 3.63) is 75.5 Å². The Kier molecular flexibility index (Phi) is 11.1. The van der Waals surface area contributed by atoms with Crippen molar-refractivity contribution >= 4 is 11.9 Å². The van der Waals surface area contributed by atoms with E-state index in [1.807, 2.05) is 6.07 Å². The van der Waals surface area contributed by atoms with Gasteiger partial charge in [0.05, 0.1) is 0 Å². The SMILES string of the molecule is CCCC(C)c1ccc(C(C)CCC)c(C(=O)C(O)=Cc2cc(CC)ccc2C(C)CCC)c1. The second-order valence-electron chi connectivity index (χ2n) is 10.1. The maximum Gasteiger partial charge on any atom is 0.227 e. The Bertz CT molecular complexity index is 969. The summed E-state index contributed by atoms with van der Waals surface area (Å²) < 4.78 is 0. The van der Waals surface area contributed by atoms with Crippen LogP contribution in [-0.2, 0) is 6.42 Å². The van der Waals surface area contributed by atoms with E-state index in [0.29, 0.717) is 17.4 Å². The molecule has 0 radical (unpaired) electrons. The minimum atomic E-state index is -0.264. The summed E-state index contributed by atoms with van der Waals surface area (Å²) in [6, 6.07) is 12.8. The molecule has 0 aliphatic carbocycles. The van der Waals surface area contributed by atoms with Crippen LogP contribution in [0.25, 0.3) is 6.08 Å². The molecule has 2 nitrogen and oxygen atoms in total. The Balaban J connectivity index is 2.56. The first-order valence-electron chi connectivity index (χ1n) is 13.5. The number of rotatable bonds is 13. The number of aryl methyl sites for hydroxylation is 1. The van der Waals surface area contributed by atoms with Crippen LogP contribution in [0.3, 0.4) is 0 Å². The van der Waals surface area contributed by atoms with Crippen LogP contribution in [0.1, 0.15) is 143 Å². The van der Waals surface area contributed by atoms with E-state index < -0.39 is 0 Å². The number of carbonyl (C=O) groups is 1. The zero-order valence-electron chi connectivity index (χ0n) is 22.6. The molecule has 0 saturated heterocycles. The Morgan fingerprint density at radius 3 is 1.94 bits per heavy atom. The minimum absolute atomic E-state index is 0.163. The lowest BCUT2D eigenvalue weighted by Gasteiger charge is -2.19. The van der Waals surface area contributed by atoms with Gasteiger partial charge in [0, 0.05) is 5.56 Å². The van der Waals surface area contributed by atoms with Gasteiger partial charge in [-0.1, -0.05) is 98.1 Å². The Labute approximate surface area is 208 Å². The van der Waals surface area contributed by atoms with Crippen LogP contribution in [0, 0.1) is 0 Å². The third-order valence-corrected chi connectivity index (χ3v) is 7.20. The Morgan fingerprint density at radius 2 is 1.35 bits per heavy atom. The standard InChI is InChI=1S/C32H46O2/c1-8-12-22(5)26-16-18-29(24(7)14-10-3)30(20-26)32(34)31(33)21-27-19-25(11-4)15-17-28(27)23(6)13-9-2/h15-24,33H,8-14H2,1-7H3. The molecule has 0 fully saturated rings. The van der Waals surface area contributed by atoms with E-state index in [2.05, 4.69) is 78.8 Å². The topological polar surface area (TPSA) is 37.3 Å². The highest BCUT2D eigenvalue weighted by atomic mass is 16.3. The summed E-state index contributed by atoms with van der Waals surface area (Å²) in [6.45, 7) is 15.3. The van der Waals surface area contributed by atoms with Crippen LogP contribution in [-0.4, -0.2) is 10.9 Å². The van der Waals surface area contributed by atoms with Gasteiger partial charge in [0.1, 0.15) is 0 Å². The molecule has 186 valence electrons. The van der Waals surface area contributed by atoms with Crippen molar-refractivity contribution < 1.29 is 9.90 Å². The second-order valence-corrected chi connectivity index (χ2v) is 10.1. The first-order valence-corrected chi connectivity index (χ1v) is 13.5.